The molecule has 3 aromatic heterocycles. The third kappa shape index (κ3) is 4.68. The molecule has 256 valence electrons. The number of nitrogens with zero attached hydrogens (tertiary/aromatic N) is 1. The minimum Gasteiger partial charge on any atom is -0.464 e. The summed E-state index contributed by atoms with van der Waals surface area (Å²) in [5.41, 5.74) is 12.2. The first-order valence-corrected chi connectivity index (χ1v) is 18.6. The Labute approximate surface area is 312 Å². The fourth-order valence-corrected chi connectivity index (χ4v) is 8.95. The Morgan fingerprint density at radius 1 is 0.500 bits per heavy atom. The molecule has 0 saturated heterocycles. The fourth-order valence-electron chi connectivity index (χ4n) is 8.95. The normalized spacial score (nSPS) is 13.1. The second-order valence-electron chi connectivity index (χ2n) is 14.7. The minimum absolute atomic E-state index is 0.316. The summed E-state index contributed by atoms with van der Waals surface area (Å²) in [5, 5.41) is 8.40. The second-order valence-corrected chi connectivity index (χ2v) is 14.7. The smallest absolute Gasteiger partial charge is 0.135 e. The summed E-state index contributed by atoms with van der Waals surface area (Å²) < 4.78 is 14.5. The zero-order valence-corrected chi connectivity index (χ0v) is 29.8. The van der Waals surface area contributed by atoms with E-state index in [-0.39, 0.29) is 5.41 Å². The lowest BCUT2D eigenvalue weighted by molar-refractivity contribution is 0.572. The van der Waals surface area contributed by atoms with Gasteiger partial charge in [-0.3, -0.25) is 0 Å². The highest BCUT2D eigenvalue weighted by Gasteiger charge is 2.32. The summed E-state index contributed by atoms with van der Waals surface area (Å²) in [4.78, 5) is 0. The first-order chi connectivity index (χ1) is 26.6. The summed E-state index contributed by atoms with van der Waals surface area (Å²) in [6.45, 7) is 2.40. The van der Waals surface area contributed by atoms with Crippen molar-refractivity contribution in [3.63, 3.8) is 0 Å². The third-order valence-corrected chi connectivity index (χ3v) is 11.6. The van der Waals surface area contributed by atoms with Gasteiger partial charge in [-0.15, -0.1) is 0 Å². The van der Waals surface area contributed by atoms with Crippen LogP contribution in [0.3, 0.4) is 0 Å². The van der Waals surface area contributed by atoms with Gasteiger partial charge in [-0.05, 0) is 106 Å². The molecule has 0 aliphatic heterocycles. The van der Waals surface area contributed by atoms with Crippen LogP contribution in [0.1, 0.15) is 23.6 Å². The van der Waals surface area contributed by atoms with Crippen LogP contribution in [0.4, 0.5) is 0 Å². The summed E-state index contributed by atoms with van der Waals surface area (Å²) in [6.07, 6.45) is 2.63. The molecule has 0 N–H and O–H groups in total. The van der Waals surface area contributed by atoms with Gasteiger partial charge in [0.05, 0.1) is 17.3 Å². The average molecular weight is 694 g/mol. The van der Waals surface area contributed by atoms with E-state index in [1.807, 2.05) is 6.07 Å². The van der Waals surface area contributed by atoms with Crippen LogP contribution in [0.5, 0.6) is 0 Å². The number of hydrogen-bond acceptors (Lipinski definition) is 2. The Balaban J connectivity index is 1.03. The van der Waals surface area contributed by atoms with Gasteiger partial charge in [-0.1, -0.05) is 122 Å². The molecule has 3 heteroatoms. The number of aromatic nitrogens is 1. The fraction of sp³-hybridized carbons (Fsp3) is 0.0588. The topological polar surface area (TPSA) is 31.2 Å². The van der Waals surface area contributed by atoms with Gasteiger partial charge >= 0.3 is 0 Å². The Hall–Kier alpha value is -6.84. The predicted octanol–water partition coefficient (Wildman–Crippen LogP) is 13.8. The maximum Gasteiger partial charge on any atom is 0.135 e. The molecule has 0 saturated carbocycles. The predicted molar refractivity (Wildman–Crippen MR) is 224 cm³/mol. The van der Waals surface area contributed by atoms with Gasteiger partial charge in [0.15, 0.2) is 0 Å². The maximum absolute atomic E-state index is 6.25. The summed E-state index contributed by atoms with van der Waals surface area (Å²) in [7, 11) is 0. The van der Waals surface area contributed by atoms with Gasteiger partial charge in [-0.25, -0.2) is 0 Å². The molecular formula is C51H35NO2. The highest BCUT2D eigenvalue weighted by molar-refractivity contribution is 6.21. The highest BCUT2D eigenvalue weighted by atomic mass is 16.3. The molecule has 8 aromatic carbocycles. The molecule has 0 amide bonds. The summed E-state index contributed by atoms with van der Waals surface area (Å²) in [5.74, 6) is 0. The Morgan fingerprint density at radius 3 is 2.11 bits per heavy atom. The SMILES string of the molecule is CC(Cc1ccc(-c2ccc3c(c2)c2c4ccoc4ccc2n3-c2ccccc2)cc1)(c1ccc2oc3ccccc3c2c1)c1cccc2ccccc12. The Kier molecular flexibility index (Phi) is 6.74. The van der Waals surface area contributed by atoms with Crippen molar-refractivity contribution in [1.82, 2.24) is 4.57 Å². The van der Waals surface area contributed by atoms with Gasteiger partial charge in [0.2, 0.25) is 0 Å². The quantitative estimate of drug-likeness (QED) is 0.174. The van der Waals surface area contributed by atoms with Gasteiger partial charge in [-0.2, -0.15) is 0 Å². The Bertz CT molecular complexity index is 3190. The van der Waals surface area contributed by atoms with Gasteiger partial charge in [0.25, 0.3) is 0 Å². The van der Waals surface area contributed by atoms with Crippen molar-refractivity contribution in [2.75, 3.05) is 0 Å². The second kappa shape index (κ2) is 11.8. The summed E-state index contributed by atoms with van der Waals surface area (Å²) >= 11 is 0. The number of fused-ring (bicyclic) bond motifs is 9. The monoisotopic (exact) mass is 693 g/mol. The first-order valence-electron chi connectivity index (χ1n) is 18.6. The van der Waals surface area contributed by atoms with Crippen molar-refractivity contribution in [1.29, 1.82) is 0 Å². The lowest BCUT2D eigenvalue weighted by Gasteiger charge is -2.33. The van der Waals surface area contributed by atoms with E-state index in [1.54, 1.807) is 6.26 Å². The van der Waals surface area contributed by atoms with E-state index < -0.39 is 0 Å². The van der Waals surface area contributed by atoms with Crippen molar-refractivity contribution in [2.24, 2.45) is 0 Å². The number of hydrogen-bond donors (Lipinski definition) is 0. The molecule has 0 bridgehead atoms. The van der Waals surface area contributed by atoms with Crippen molar-refractivity contribution >= 4 is 65.5 Å². The molecule has 11 aromatic rings. The lowest BCUT2D eigenvalue weighted by atomic mass is 9.70. The van der Waals surface area contributed by atoms with Crippen LogP contribution in [0, 0.1) is 0 Å². The number of furan rings is 2. The molecule has 1 atom stereocenters. The highest BCUT2D eigenvalue weighted by Crippen LogP contribution is 2.43. The van der Waals surface area contributed by atoms with Crippen LogP contribution in [0.25, 0.3) is 82.3 Å². The van der Waals surface area contributed by atoms with Crippen LogP contribution in [0.15, 0.2) is 191 Å². The van der Waals surface area contributed by atoms with Crippen LogP contribution in [0.2, 0.25) is 0 Å². The van der Waals surface area contributed by atoms with Crippen molar-refractivity contribution in [3.05, 3.63) is 199 Å². The van der Waals surface area contributed by atoms with Crippen LogP contribution in [-0.2, 0) is 11.8 Å². The molecule has 0 spiro atoms. The number of benzene rings is 8. The van der Waals surface area contributed by atoms with E-state index in [4.69, 9.17) is 8.83 Å². The van der Waals surface area contributed by atoms with Gasteiger partial charge in [0, 0.05) is 38.0 Å². The van der Waals surface area contributed by atoms with Crippen LogP contribution in [-0.4, -0.2) is 4.57 Å². The van der Waals surface area contributed by atoms with Gasteiger partial charge in [0.1, 0.15) is 16.7 Å². The molecule has 0 fully saturated rings. The molecule has 54 heavy (non-hydrogen) atoms. The van der Waals surface area contributed by atoms with Gasteiger partial charge < -0.3 is 13.4 Å². The molecule has 1 unspecified atom stereocenters. The number of rotatable bonds is 6. The lowest BCUT2D eigenvalue weighted by Crippen LogP contribution is -2.27. The molecule has 3 nitrogen and oxygen atoms in total. The maximum atomic E-state index is 6.25. The first kappa shape index (κ1) is 30.8. The zero-order chi connectivity index (χ0) is 35.8. The average Bonchev–Trinajstić information content (AvgIpc) is 3.94. The van der Waals surface area contributed by atoms with E-state index in [0.717, 1.165) is 45.0 Å². The Morgan fingerprint density at radius 2 is 1.22 bits per heavy atom. The van der Waals surface area contributed by atoms with Crippen LogP contribution >= 0.6 is 0 Å². The summed E-state index contributed by atoms with van der Waals surface area (Å²) in [6, 6.07) is 63.6. The molecule has 0 aliphatic carbocycles. The van der Waals surface area contributed by atoms with E-state index in [9.17, 15) is 0 Å². The van der Waals surface area contributed by atoms with Crippen molar-refractivity contribution in [2.45, 2.75) is 18.8 Å². The minimum atomic E-state index is -0.316. The van der Waals surface area contributed by atoms with Crippen LogP contribution < -0.4 is 0 Å². The number of para-hydroxylation sites is 2. The molecule has 0 aliphatic rings. The molecule has 0 radical (unpaired) electrons. The van der Waals surface area contributed by atoms with E-state index in [1.165, 1.54) is 60.4 Å². The van der Waals surface area contributed by atoms with Crippen molar-refractivity contribution < 1.29 is 8.83 Å². The third-order valence-electron chi connectivity index (χ3n) is 11.6. The molecule has 11 rings (SSSR count). The zero-order valence-electron chi connectivity index (χ0n) is 29.8. The van der Waals surface area contributed by atoms with E-state index in [0.29, 0.717) is 0 Å². The largest absolute Gasteiger partial charge is 0.464 e. The van der Waals surface area contributed by atoms with E-state index >= 15 is 0 Å². The molecular weight excluding hydrogens is 659 g/mol. The standard InChI is InChI=1S/C51H35NO2/c1-51(44-16-9-11-35-10-5-6-14-39(35)44,37-23-26-49-42(31-37)40-15-7-8-17-48(40)54-49)32-33-18-20-34(21-19-33)36-22-24-45-43(30-36)50-41-28-29-53-47(41)27-25-46(50)52(45)38-12-3-2-4-13-38/h2-31H,32H2,1H3. The van der Waals surface area contributed by atoms with Crippen molar-refractivity contribution in [3.8, 4) is 16.8 Å². The molecule has 3 heterocycles. The van der Waals surface area contributed by atoms with E-state index in [2.05, 4.69) is 181 Å².